The van der Waals surface area contributed by atoms with E-state index in [4.69, 9.17) is 0 Å². The van der Waals surface area contributed by atoms with E-state index in [-0.39, 0.29) is 24.2 Å². The highest BCUT2D eigenvalue weighted by Crippen LogP contribution is 2.17. The highest BCUT2D eigenvalue weighted by Gasteiger charge is 2.21. The molecule has 0 saturated heterocycles. The van der Waals surface area contributed by atoms with E-state index >= 15 is 0 Å². The van der Waals surface area contributed by atoms with E-state index in [1.54, 1.807) is 0 Å². The van der Waals surface area contributed by atoms with Gasteiger partial charge in [-0.15, -0.1) is 12.4 Å². The molecule has 3 nitrogen and oxygen atoms in total. The average molecular weight is 285 g/mol. The van der Waals surface area contributed by atoms with Crippen molar-refractivity contribution in [1.82, 2.24) is 10.6 Å². The van der Waals surface area contributed by atoms with Crippen molar-refractivity contribution in [3.8, 4) is 0 Å². The lowest BCUT2D eigenvalue weighted by atomic mass is 9.88. The highest BCUT2D eigenvalue weighted by atomic mass is 35.5. The van der Waals surface area contributed by atoms with Crippen LogP contribution in [0.1, 0.15) is 19.4 Å². The van der Waals surface area contributed by atoms with Crippen LogP contribution in [0.4, 0.5) is 0 Å². The van der Waals surface area contributed by atoms with E-state index < -0.39 is 0 Å². The Bertz CT molecular complexity index is 354. The number of halogens is 1. The van der Waals surface area contributed by atoms with Crippen LogP contribution in [0, 0.1) is 11.8 Å². The van der Waals surface area contributed by atoms with E-state index in [0.29, 0.717) is 12.5 Å². The average Bonchev–Trinajstić information content (AvgIpc) is 2.37. The van der Waals surface area contributed by atoms with Gasteiger partial charge in [0, 0.05) is 19.0 Å². The summed E-state index contributed by atoms with van der Waals surface area (Å²) in [6.45, 7) is 5.70. The van der Waals surface area contributed by atoms with Crippen LogP contribution in [-0.2, 0) is 11.2 Å². The third kappa shape index (κ3) is 6.60. The summed E-state index contributed by atoms with van der Waals surface area (Å²) in [6.07, 6.45) is 0.809. The Kier molecular flexibility index (Phi) is 9.27. The first kappa shape index (κ1) is 17.9. The van der Waals surface area contributed by atoms with Gasteiger partial charge in [0.1, 0.15) is 0 Å². The number of nitrogens with one attached hydrogen (secondary N) is 2. The van der Waals surface area contributed by atoms with Gasteiger partial charge in [-0.25, -0.2) is 0 Å². The summed E-state index contributed by atoms with van der Waals surface area (Å²) in [4.78, 5) is 12.1. The Labute approximate surface area is 122 Å². The van der Waals surface area contributed by atoms with Gasteiger partial charge >= 0.3 is 0 Å². The van der Waals surface area contributed by atoms with Crippen LogP contribution >= 0.6 is 12.4 Å². The molecule has 1 atom stereocenters. The molecule has 108 valence electrons. The number of carbonyl (C=O) groups excluding carboxylic acids is 1. The summed E-state index contributed by atoms with van der Waals surface area (Å²) < 4.78 is 0. The fraction of sp³-hybridized carbons (Fsp3) is 0.533. The second kappa shape index (κ2) is 9.82. The fourth-order valence-electron chi connectivity index (χ4n) is 1.94. The van der Waals surface area contributed by atoms with Crippen molar-refractivity contribution in [1.29, 1.82) is 0 Å². The third-order valence-corrected chi connectivity index (χ3v) is 3.11. The predicted molar refractivity (Wildman–Crippen MR) is 82.7 cm³/mol. The van der Waals surface area contributed by atoms with Crippen molar-refractivity contribution < 1.29 is 4.79 Å². The Morgan fingerprint density at radius 2 is 1.79 bits per heavy atom. The van der Waals surface area contributed by atoms with Crippen LogP contribution < -0.4 is 10.6 Å². The molecule has 0 aliphatic carbocycles. The van der Waals surface area contributed by atoms with E-state index in [9.17, 15) is 4.79 Å². The first-order valence-corrected chi connectivity index (χ1v) is 6.61. The molecule has 0 heterocycles. The van der Waals surface area contributed by atoms with E-state index in [2.05, 4.69) is 36.6 Å². The minimum Gasteiger partial charge on any atom is -0.355 e. The van der Waals surface area contributed by atoms with E-state index in [1.165, 1.54) is 5.56 Å². The molecule has 1 aromatic rings. The standard InChI is InChI=1S/C15H24N2O.ClH/c1-12(2)14(15(18)17-10-9-16-3)11-13-7-5-4-6-8-13;/h4-8,12,14,16H,9-11H2,1-3H3,(H,17,18);1H. The van der Waals surface area contributed by atoms with Crippen LogP contribution in [0.3, 0.4) is 0 Å². The second-order valence-electron chi connectivity index (χ2n) is 4.93. The van der Waals surface area contributed by atoms with Crippen molar-refractivity contribution in [2.45, 2.75) is 20.3 Å². The van der Waals surface area contributed by atoms with Crippen molar-refractivity contribution in [3.05, 3.63) is 35.9 Å². The van der Waals surface area contributed by atoms with Crippen molar-refractivity contribution in [3.63, 3.8) is 0 Å². The second-order valence-corrected chi connectivity index (χ2v) is 4.93. The lowest BCUT2D eigenvalue weighted by Crippen LogP contribution is -2.38. The van der Waals surface area contributed by atoms with E-state index in [1.807, 2.05) is 25.2 Å². The Morgan fingerprint density at radius 1 is 1.16 bits per heavy atom. The number of hydrogen-bond donors (Lipinski definition) is 2. The summed E-state index contributed by atoms with van der Waals surface area (Å²) >= 11 is 0. The summed E-state index contributed by atoms with van der Waals surface area (Å²) in [7, 11) is 1.88. The normalized spacial score (nSPS) is 11.8. The lowest BCUT2D eigenvalue weighted by Gasteiger charge is -2.20. The van der Waals surface area contributed by atoms with Gasteiger partial charge in [-0.2, -0.15) is 0 Å². The van der Waals surface area contributed by atoms with Crippen molar-refractivity contribution in [2.75, 3.05) is 20.1 Å². The predicted octanol–water partition coefficient (Wildman–Crippen LogP) is 2.26. The molecule has 0 bridgehead atoms. The minimum atomic E-state index is 0. The van der Waals surface area contributed by atoms with Gasteiger partial charge < -0.3 is 10.6 Å². The summed E-state index contributed by atoms with van der Waals surface area (Å²) in [6, 6.07) is 10.2. The smallest absolute Gasteiger partial charge is 0.223 e. The number of amides is 1. The molecule has 0 spiro atoms. The summed E-state index contributed by atoms with van der Waals surface area (Å²) in [5, 5.41) is 6.01. The zero-order chi connectivity index (χ0) is 13.4. The van der Waals surface area contributed by atoms with Gasteiger partial charge in [0.05, 0.1) is 0 Å². The number of benzene rings is 1. The fourth-order valence-corrected chi connectivity index (χ4v) is 1.94. The molecular formula is C15H25ClN2O. The maximum Gasteiger partial charge on any atom is 0.223 e. The molecule has 19 heavy (non-hydrogen) atoms. The van der Waals surface area contributed by atoms with Crippen molar-refractivity contribution >= 4 is 18.3 Å². The number of carbonyl (C=O) groups is 1. The number of rotatable bonds is 7. The molecule has 4 heteroatoms. The molecule has 0 fully saturated rings. The maximum atomic E-state index is 12.1. The monoisotopic (exact) mass is 284 g/mol. The van der Waals surface area contributed by atoms with Crippen LogP contribution in [-0.4, -0.2) is 26.0 Å². The maximum absolute atomic E-state index is 12.1. The Hall–Kier alpha value is -1.06. The molecule has 0 aromatic heterocycles. The van der Waals surface area contributed by atoms with Crippen LogP contribution in [0.2, 0.25) is 0 Å². The molecule has 1 unspecified atom stereocenters. The van der Waals surface area contributed by atoms with Crippen LogP contribution in [0.5, 0.6) is 0 Å². The van der Waals surface area contributed by atoms with Gasteiger partial charge in [-0.3, -0.25) is 4.79 Å². The first-order chi connectivity index (χ1) is 8.65. The third-order valence-electron chi connectivity index (χ3n) is 3.11. The zero-order valence-electron chi connectivity index (χ0n) is 12.0. The quantitative estimate of drug-likeness (QED) is 0.754. The van der Waals surface area contributed by atoms with Gasteiger partial charge in [0.15, 0.2) is 0 Å². The zero-order valence-corrected chi connectivity index (χ0v) is 12.8. The molecule has 1 amide bonds. The molecule has 0 aliphatic heterocycles. The Morgan fingerprint density at radius 3 is 2.32 bits per heavy atom. The number of likely N-dealkylation sites (N-methyl/N-ethyl adjacent to an activating group) is 1. The molecule has 1 rings (SSSR count). The molecule has 0 radical (unpaired) electrons. The molecule has 2 N–H and O–H groups in total. The van der Waals surface area contributed by atoms with Gasteiger partial charge in [0.2, 0.25) is 5.91 Å². The van der Waals surface area contributed by atoms with E-state index in [0.717, 1.165) is 13.0 Å². The Balaban J connectivity index is 0.00000324. The molecule has 1 aromatic carbocycles. The molecule has 0 aliphatic rings. The lowest BCUT2D eigenvalue weighted by molar-refractivity contribution is -0.126. The van der Waals surface area contributed by atoms with Crippen molar-refractivity contribution in [2.24, 2.45) is 11.8 Å². The minimum absolute atomic E-state index is 0. The van der Waals surface area contributed by atoms with Crippen LogP contribution in [0.15, 0.2) is 30.3 Å². The molecule has 0 saturated carbocycles. The topological polar surface area (TPSA) is 41.1 Å². The SMILES string of the molecule is CNCCNC(=O)C(Cc1ccccc1)C(C)C.Cl. The first-order valence-electron chi connectivity index (χ1n) is 6.61. The van der Waals surface area contributed by atoms with Gasteiger partial charge in [-0.05, 0) is 24.9 Å². The van der Waals surface area contributed by atoms with Gasteiger partial charge in [0.25, 0.3) is 0 Å². The largest absolute Gasteiger partial charge is 0.355 e. The van der Waals surface area contributed by atoms with Gasteiger partial charge in [-0.1, -0.05) is 44.2 Å². The number of hydrogen-bond acceptors (Lipinski definition) is 2. The summed E-state index contributed by atoms with van der Waals surface area (Å²) in [5.41, 5.74) is 1.22. The van der Waals surface area contributed by atoms with Crippen LogP contribution in [0.25, 0.3) is 0 Å². The highest BCUT2D eigenvalue weighted by molar-refractivity contribution is 5.85. The molecular weight excluding hydrogens is 260 g/mol. The summed E-state index contributed by atoms with van der Waals surface area (Å²) in [5.74, 6) is 0.549.